The number of nitrogens with one attached hydrogen (secondary N) is 1. The predicted molar refractivity (Wildman–Crippen MR) is 140 cm³/mol. The topological polar surface area (TPSA) is 108 Å². The van der Waals surface area contributed by atoms with Crippen molar-refractivity contribution in [2.45, 2.75) is 71.9 Å². The fourth-order valence-corrected chi connectivity index (χ4v) is 4.26. The third-order valence-corrected chi connectivity index (χ3v) is 5.89. The Balaban J connectivity index is 1.98. The summed E-state index contributed by atoms with van der Waals surface area (Å²) in [4.78, 5) is 29.7. The molecule has 0 aliphatic heterocycles. The molecular formula is C27H38N4O5. The number of carbonyl (C=O) groups is 1. The van der Waals surface area contributed by atoms with Gasteiger partial charge in [-0.05, 0) is 65.3 Å². The molecule has 196 valence electrons. The standard InChI is InChI=1S/C27H38N4O5/c1-16-11-20(14-30(7)25(16)33)24-29-21-12-19(9-10-22(21)31(24)17(2)15-35-8)13-28-23(18(3)32)26(34)36-27(4,5)6/h9-12,14,17-18,23,28,32H,13,15H2,1-8H3/t17-,18+,23-/m0/s1. The van der Waals surface area contributed by atoms with Crippen LogP contribution in [-0.4, -0.2) is 56.7 Å². The molecule has 3 atom stereocenters. The maximum absolute atomic E-state index is 12.6. The van der Waals surface area contributed by atoms with Crippen LogP contribution in [0.25, 0.3) is 22.4 Å². The SMILES string of the molecule is COC[C@H](C)n1c(-c2cc(C)c(=O)n(C)c2)nc2cc(CN[C@H](C(=O)OC(C)(C)C)[C@@H](C)O)ccc21. The van der Waals surface area contributed by atoms with Crippen molar-refractivity contribution in [3.05, 3.63) is 51.9 Å². The summed E-state index contributed by atoms with van der Waals surface area (Å²) >= 11 is 0. The number of esters is 1. The van der Waals surface area contributed by atoms with Crippen LogP contribution in [0, 0.1) is 6.92 Å². The average Bonchev–Trinajstić information content (AvgIpc) is 3.15. The van der Waals surface area contributed by atoms with Gasteiger partial charge in [0.25, 0.3) is 5.56 Å². The number of benzene rings is 1. The predicted octanol–water partition coefficient (Wildman–Crippen LogP) is 3.10. The van der Waals surface area contributed by atoms with Gasteiger partial charge in [0.1, 0.15) is 17.5 Å². The lowest BCUT2D eigenvalue weighted by Crippen LogP contribution is -2.47. The van der Waals surface area contributed by atoms with Crippen LogP contribution in [-0.2, 0) is 27.9 Å². The van der Waals surface area contributed by atoms with Crippen molar-refractivity contribution in [3.8, 4) is 11.4 Å². The molecule has 36 heavy (non-hydrogen) atoms. The fraction of sp³-hybridized carbons (Fsp3) is 0.519. The fourth-order valence-electron chi connectivity index (χ4n) is 4.26. The first-order valence-corrected chi connectivity index (χ1v) is 12.1. The van der Waals surface area contributed by atoms with E-state index in [9.17, 15) is 14.7 Å². The molecule has 9 heteroatoms. The Morgan fingerprint density at radius 3 is 2.50 bits per heavy atom. The maximum Gasteiger partial charge on any atom is 0.326 e. The quantitative estimate of drug-likeness (QED) is 0.437. The molecule has 2 aromatic heterocycles. The normalized spacial score (nSPS) is 14.6. The Labute approximate surface area is 212 Å². The second-order valence-corrected chi connectivity index (χ2v) is 10.4. The largest absolute Gasteiger partial charge is 0.459 e. The first kappa shape index (κ1) is 27.6. The van der Waals surface area contributed by atoms with Gasteiger partial charge in [0.05, 0.1) is 29.8 Å². The summed E-state index contributed by atoms with van der Waals surface area (Å²) in [6, 6.07) is 6.93. The van der Waals surface area contributed by atoms with Gasteiger partial charge in [-0.3, -0.25) is 14.9 Å². The molecule has 3 aromatic rings. The molecule has 0 bridgehead atoms. The van der Waals surface area contributed by atoms with Crippen LogP contribution < -0.4 is 10.9 Å². The van der Waals surface area contributed by atoms with Gasteiger partial charge in [0.15, 0.2) is 0 Å². The summed E-state index contributed by atoms with van der Waals surface area (Å²) in [7, 11) is 3.40. The second-order valence-electron chi connectivity index (χ2n) is 10.4. The van der Waals surface area contributed by atoms with Crippen LogP contribution in [0.15, 0.2) is 35.3 Å². The number of imidazole rings is 1. The van der Waals surface area contributed by atoms with Crippen molar-refractivity contribution in [2.75, 3.05) is 13.7 Å². The molecule has 9 nitrogen and oxygen atoms in total. The Morgan fingerprint density at radius 2 is 1.92 bits per heavy atom. The molecule has 0 saturated carbocycles. The molecule has 0 amide bonds. The van der Waals surface area contributed by atoms with Crippen LogP contribution >= 0.6 is 0 Å². The zero-order valence-electron chi connectivity index (χ0n) is 22.5. The van der Waals surface area contributed by atoms with Gasteiger partial charge in [-0.1, -0.05) is 6.07 Å². The molecule has 0 aliphatic carbocycles. The van der Waals surface area contributed by atoms with Crippen molar-refractivity contribution in [1.82, 2.24) is 19.4 Å². The second kappa shape index (κ2) is 10.9. The maximum atomic E-state index is 12.6. The van der Waals surface area contributed by atoms with E-state index in [1.165, 1.54) is 0 Å². The first-order chi connectivity index (χ1) is 16.8. The lowest BCUT2D eigenvalue weighted by Gasteiger charge is -2.26. The molecule has 0 unspecified atom stereocenters. The van der Waals surface area contributed by atoms with Crippen molar-refractivity contribution in [2.24, 2.45) is 7.05 Å². The van der Waals surface area contributed by atoms with E-state index in [0.29, 0.717) is 18.7 Å². The summed E-state index contributed by atoms with van der Waals surface area (Å²) in [6.07, 6.45) is 0.876. The van der Waals surface area contributed by atoms with Gasteiger partial charge in [0.2, 0.25) is 0 Å². The first-order valence-electron chi connectivity index (χ1n) is 12.1. The van der Waals surface area contributed by atoms with Gasteiger partial charge in [0, 0.05) is 38.0 Å². The average molecular weight is 499 g/mol. The third-order valence-electron chi connectivity index (χ3n) is 5.89. The number of nitrogens with zero attached hydrogens (tertiary/aromatic N) is 3. The van der Waals surface area contributed by atoms with Gasteiger partial charge >= 0.3 is 5.97 Å². The van der Waals surface area contributed by atoms with E-state index < -0.39 is 23.7 Å². The zero-order chi connectivity index (χ0) is 26.8. The van der Waals surface area contributed by atoms with E-state index in [1.807, 2.05) is 24.3 Å². The highest BCUT2D eigenvalue weighted by atomic mass is 16.6. The van der Waals surface area contributed by atoms with Crippen molar-refractivity contribution in [3.63, 3.8) is 0 Å². The third kappa shape index (κ3) is 6.21. The van der Waals surface area contributed by atoms with E-state index in [1.54, 1.807) is 59.5 Å². The number of rotatable bonds is 9. The summed E-state index contributed by atoms with van der Waals surface area (Å²) in [5.41, 5.74) is 3.42. The van der Waals surface area contributed by atoms with Crippen molar-refractivity contribution < 1.29 is 19.4 Å². The van der Waals surface area contributed by atoms with Crippen LogP contribution in [0.4, 0.5) is 0 Å². The molecule has 0 aliphatic rings. The molecule has 2 N–H and O–H groups in total. The minimum absolute atomic E-state index is 0.00306. The van der Waals surface area contributed by atoms with E-state index in [2.05, 4.69) is 16.8 Å². The van der Waals surface area contributed by atoms with Gasteiger partial charge in [-0.2, -0.15) is 0 Å². The summed E-state index contributed by atoms with van der Waals surface area (Å²) in [5.74, 6) is 0.248. The number of fused-ring (bicyclic) bond motifs is 1. The minimum Gasteiger partial charge on any atom is -0.459 e. The van der Waals surface area contributed by atoms with E-state index in [0.717, 1.165) is 28.0 Å². The lowest BCUT2D eigenvalue weighted by atomic mass is 10.1. The summed E-state index contributed by atoms with van der Waals surface area (Å²) < 4.78 is 14.6. The number of hydrogen-bond donors (Lipinski definition) is 2. The number of aromatic nitrogens is 3. The number of hydrogen-bond acceptors (Lipinski definition) is 7. The Bertz CT molecular complexity index is 1260. The number of carbonyl (C=O) groups excluding carboxylic acids is 1. The zero-order valence-corrected chi connectivity index (χ0v) is 22.5. The number of ether oxygens (including phenoxy) is 2. The van der Waals surface area contributed by atoms with E-state index in [4.69, 9.17) is 14.5 Å². The van der Waals surface area contributed by atoms with Gasteiger partial charge in [-0.25, -0.2) is 4.98 Å². The monoisotopic (exact) mass is 498 g/mol. The summed E-state index contributed by atoms with van der Waals surface area (Å²) in [6.45, 7) is 11.6. The number of aryl methyl sites for hydroxylation is 2. The number of pyridine rings is 1. The summed E-state index contributed by atoms with van der Waals surface area (Å²) in [5, 5.41) is 13.3. The highest BCUT2D eigenvalue weighted by Gasteiger charge is 2.28. The molecule has 0 saturated heterocycles. The van der Waals surface area contributed by atoms with Gasteiger partial charge in [-0.15, -0.1) is 0 Å². The molecule has 0 fully saturated rings. The Morgan fingerprint density at radius 1 is 1.22 bits per heavy atom. The molecular weight excluding hydrogens is 460 g/mol. The van der Waals surface area contributed by atoms with Crippen molar-refractivity contribution >= 4 is 17.0 Å². The van der Waals surface area contributed by atoms with Crippen LogP contribution in [0.1, 0.15) is 51.8 Å². The number of aliphatic hydroxyl groups is 1. The Hall–Kier alpha value is -3.01. The van der Waals surface area contributed by atoms with E-state index >= 15 is 0 Å². The van der Waals surface area contributed by atoms with Gasteiger partial charge < -0.3 is 23.7 Å². The van der Waals surface area contributed by atoms with Crippen LogP contribution in [0.2, 0.25) is 0 Å². The lowest BCUT2D eigenvalue weighted by molar-refractivity contribution is -0.160. The Kier molecular flexibility index (Phi) is 8.38. The number of methoxy groups -OCH3 is 1. The van der Waals surface area contributed by atoms with Crippen LogP contribution in [0.5, 0.6) is 0 Å². The van der Waals surface area contributed by atoms with E-state index in [-0.39, 0.29) is 11.6 Å². The highest BCUT2D eigenvalue weighted by Crippen LogP contribution is 2.29. The molecule has 3 rings (SSSR count). The van der Waals surface area contributed by atoms with Crippen molar-refractivity contribution in [1.29, 1.82) is 0 Å². The number of aliphatic hydroxyl groups excluding tert-OH is 1. The molecule has 0 spiro atoms. The highest BCUT2D eigenvalue weighted by molar-refractivity contribution is 5.82. The molecule has 0 radical (unpaired) electrons. The van der Waals surface area contributed by atoms with Crippen LogP contribution in [0.3, 0.4) is 0 Å². The minimum atomic E-state index is -0.919. The smallest absolute Gasteiger partial charge is 0.326 e. The molecule has 1 aromatic carbocycles. The molecule has 2 heterocycles.